The maximum absolute atomic E-state index is 12.8. The number of fused-ring (bicyclic) bond motifs is 1. The van der Waals surface area contributed by atoms with Crippen LogP contribution in [0.5, 0.6) is 0 Å². The second-order valence-corrected chi connectivity index (χ2v) is 7.89. The lowest BCUT2D eigenvalue weighted by atomic mass is 9.89. The lowest BCUT2D eigenvalue weighted by Gasteiger charge is -2.20. The Morgan fingerprint density at radius 3 is 2.69 bits per heavy atom. The van der Waals surface area contributed by atoms with E-state index >= 15 is 0 Å². The lowest BCUT2D eigenvalue weighted by molar-refractivity contribution is -0.125. The predicted molar refractivity (Wildman–Crippen MR) is 112 cm³/mol. The molecule has 1 aliphatic carbocycles. The first kappa shape index (κ1) is 19.4. The normalized spacial score (nSPS) is 14.9. The fraction of sp³-hybridized carbons (Fsp3) is 0.455. The highest BCUT2D eigenvalue weighted by Gasteiger charge is 2.20. The van der Waals surface area contributed by atoms with Gasteiger partial charge in [-0.3, -0.25) is 14.2 Å². The molecule has 2 aromatic heterocycles. The van der Waals surface area contributed by atoms with Gasteiger partial charge < -0.3 is 5.32 Å². The number of hydrogen-bond donors (Lipinski definition) is 1. The molecule has 7 nitrogen and oxygen atoms in total. The van der Waals surface area contributed by atoms with Gasteiger partial charge in [-0.2, -0.15) is 5.10 Å². The minimum Gasteiger partial charge on any atom is -0.354 e. The Kier molecular flexibility index (Phi) is 5.74. The van der Waals surface area contributed by atoms with Crippen LogP contribution in [0.1, 0.15) is 43.2 Å². The number of nitrogens with one attached hydrogen (secondary N) is 1. The van der Waals surface area contributed by atoms with Crippen LogP contribution in [0.25, 0.3) is 11.0 Å². The highest BCUT2D eigenvalue weighted by molar-refractivity contribution is 5.78. The number of aromatic nitrogens is 4. The van der Waals surface area contributed by atoms with Crippen molar-refractivity contribution in [2.75, 3.05) is 6.54 Å². The fourth-order valence-corrected chi connectivity index (χ4v) is 3.96. The predicted octanol–water partition coefficient (Wildman–Crippen LogP) is 2.65. The van der Waals surface area contributed by atoms with E-state index in [1.165, 1.54) is 12.0 Å². The number of carbonyl (C=O) groups is 1. The topological polar surface area (TPSA) is 81.8 Å². The van der Waals surface area contributed by atoms with E-state index in [0.717, 1.165) is 31.2 Å². The molecule has 0 bridgehead atoms. The van der Waals surface area contributed by atoms with E-state index in [0.29, 0.717) is 30.7 Å². The van der Waals surface area contributed by atoms with Gasteiger partial charge in [0.25, 0.3) is 5.56 Å². The third-order valence-electron chi connectivity index (χ3n) is 5.69. The van der Waals surface area contributed by atoms with Gasteiger partial charge in [-0.1, -0.05) is 49.1 Å². The van der Waals surface area contributed by atoms with Crippen molar-refractivity contribution in [3.05, 3.63) is 58.3 Å². The summed E-state index contributed by atoms with van der Waals surface area (Å²) in [4.78, 5) is 29.5. The molecule has 2 heterocycles. The van der Waals surface area contributed by atoms with Crippen LogP contribution in [0.3, 0.4) is 0 Å². The third-order valence-corrected chi connectivity index (χ3v) is 5.69. The zero-order chi connectivity index (χ0) is 20.2. The summed E-state index contributed by atoms with van der Waals surface area (Å²) in [5.41, 5.74) is 2.69. The molecule has 0 radical (unpaired) electrons. The smallest absolute Gasteiger partial charge is 0.264 e. The third kappa shape index (κ3) is 4.39. The standard InChI is InChI=1S/C22H27N5O2/c1-16-7-9-17(10-8-16)14-26-15-24-20-19(22(26)29)13-25-27(20)12-11-23-21(28)18-5-3-2-4-6-18/h7-10,13,15,18H,2-6,11-12,14H2,1H3,(H,23,28). The number of benzene rings is 1. The van der Waals surface area contributed by atoms with Crippen LogP contribution in [-0.4, -0.2) is 31.8 Å². The molecular weight excluding hydrogens is 366 g/mol. The summed E-state index contributed by atoms with van der Waals surface area (Å²) in [6, 6.07) is 8.10. The maximum atomic E-state index is 12.8. The van der Waals surface area contributed by atoms with Crippen molar-refractivity contribution >= 4 is 16.9 Å². The monoisotopic (exact) mass is 393 g/mol. The Balaban J connectivity index is 1.42. The minimum atomic E-state index is -0.104. The van der Waals surface area contributed by atoms with Crippen LogP contribution >= 0.6 is 0 Å². The molecule has 4 rings (SSSR count). The summed E-state index contributed by atoms with van der Waals surface area (Å²) in [5, 5.41) is 7.82. The van der Waals surface area contributed by atoms with Crippen LogP contribution in [0.4, 0.5) is 0 Å². The van der Waals surface area contributed by atoms with Crippen molar-refractivity contribution < 1.29 is 4.79 Å². The van der Waals surface area contributed by atoms with Crippen molar-refractivity contribution in [1.82, 2.24) is 24.6 Å². The summed E-state index contributed by atoms with van der Waals surface area (Å²) < 4.78 is 3.29. The first-order valence-corrected chi connectivity index (χ1v) is 10.4. The number of nitrogens with zero attached hydrogens (tertiary/aromatic N) is 4. The highest BCUT2D eigenvalue weighted by Crippen LogP contribution is 2.23. The molecule has 29 heavy (non-hydrogen) atoms. The average molecular weight is 393 g/mol. The second-order valence-electron chi connectivity index (χ2n) is 7.89. The Labute approximate surface area is 169 Å². The van der Waals surface area contributed by atoms with Crippen molar-refractivity contribution in [3.8, 4) is 0 Å². The van der Waals surface area contributed by atoms with Crippen LogP contribution in [0.15, 0.2) is 41.6 Å². The van der Waals surface area contributed by atoms with Crippen LogP contribution in [0, 0.1) is 12.8 Å². The molecule has 152 valence electrons. The van der Waals surface area contributed by atoms with E-state index in [2.05, 4.69) is 15.4 Å². The molecular formula is C22H27N5O2. The Morgan fingerprint density at radius 1 is 1.17 bits per heavy atom. The Hall–Kier alpha value is -2.96. The second kappa shape index (κ2) is 8.59. The zero-order valence-electron chi connectivity index (χ0n) is 16.8. The molecule has 0 aliphatic heterocycles. The largest absolute Gasteiger partial charge is 0.354 e. The van der Waals surface area contributed by atoms with E-state index in [1.54, 1.807) is 21.8 Å². The van der Waals surface area contributed by atoms with Crippen molar-refractivity contribution in [2.45, 2.75) is 52.1 Å². The van der Waals surface area contributed by atoms with Crippen LogP contribution < -0.4 is 10.9 Å². The van der Waals surface area contributed by atoms with Crippen molar-refractivity contribution in [2.24, 2.45) is 5.92 Å². The SMILES string of the molecule is Cc1ccc(Cn2cnc3c(cnn3CCNC(=O)C3CCCCC3)c2=O)cc1. The quantitative estimate of drug-likeness (QED) is 0.698. The lowest BCUT2D eigenvalue weighted by Crippen LogP contribution is -2.34. The van der Waals surface area contributed by atoms with Gasteiger partial charge in [0.1, 0.15) is 11.7 Å². The molecule has 1 aliphatic rings. The highest BCUT2D eigenvalue weighted by atomic mass is 16.2. The summed E-state index contributed by atoms with van der Waals surface area (Å²) >= 11 is 0. The van der Waals surface area contributed by atoms with E-state index in [4.69, 9.17) is 0 Å². The molecule has 0 spiro atoms. The minimum absolute atomic E-state index is 0.104. The van der Waals surface area contributed by atoms with Gasteiger partial charge in [0.2, 0.25) is 5.91 Å². The molecule has 1 amide bonds. The number of rotatable bonds is 6. The molecule has 1 N–H and O–H groups in total. The van der Waals surface area contributed by atoms with E-state index < -0.39 is 0 Å². The van der Waals surface area contributed by atoms with Gasteiger partial charge >= 0.3 is 0 Å². The summed E-state index contributed by atoms with van der Waals surface area (Å²) in [5.74, 6) is 0.278. The summed E-state index contributed by atoms with van der Waals surface area (Å²) in [6.07, 6.45) is 8.62. The van der Waals surface area contributed by atoms with Crippen molar-refractivity contribution in [3.63, 3.8) is 0 Å². The first-order valence-electron chi connectivity index (χ1n) is 10.4. The fourth-order valence-electron chi connectivity index (χ4n) is 3.96. The van der Waals surface area contributed by atoms with Gasteiger partial charge in [0, 0.05) is 12.5 Å². The number of aryl methyl sites for hydroxylation is 1. The molecule has 7 heteroatoms. The summed E-state index contributed by atoms with van der Waals surface area (Å²) in [6.45, 7) is 3.50. The molecule has 0 saturated heterocycles. The Morgan fingerprint density at radius 2 is 1.93 bits per heavy atom. The van der Waals surface area contributed by atoms with Crippen molar-refractivity contribution in [1.29, 1.82) is 0 Å². The van der Waals surface area contributed by atoms with Gasteiger partial charge in [0.15, 0.2) is 5.65 Å². The number of amides is 1. The van der Waals surface area contributed by atoms with Gasteiger partial charge in [-0.15, -0.1) is 0 Å². The van der Waals surface area contributed by atoms with Crippen LogP contribution in [-0.2, 0) is 17.9 Å². The van der Waals surface area contributed by atoms with Crippen LogP contribution in [0.2, 0.25) is 0 Å². The zero-order valence-corrected chi connectivity index (χ0v) is 16.8. The van der Waals surface area contributed by atoms with Gasteiger partial charge in [-0.05, 0) is 25.3 Å². The van der Waals surface area contributed by atoms with E-state index in [1.807, 2.05) is 31.2 Å². The van der Waals surface area contributed by atoms with Gasteiger partial charge in [0.05, 0.1) is 19.3 Å². The molecule has 1 saturated carbocycles. The number of carbonyl (C=O) groups excluding carboxylic acids is 1. The number of hydrogen-bond acceptors (Lipinski definition) is 4. The molecule has 1 aromatic carbocycles. The average Bonchev–Trinajstić information content (AvgIpc) is 3.16. The first-order chi connectivity index (χ1) is 14.1. The maximum Gasteiger partial charge on any atom is 0.264 e. The summed E-state index contributed by atoms with van der Waals surface area (Å²) in [7, 11) is 0. The van der Waals surface area contributed by atoms with Gasteiger partial charge in [-0.25, -0.2) is 9.67 Å². The molecule has 3 aromatic rings. The molecule has 0 unspecified atom stereocenters. The van der Waals surface area contributed by atoms with E-state index in [9.17, 15) is 9.59 Å². The molecule has 1 fully saturated rings. The Bertz CT molecular complexity index is 1050. The molecule has 0 atom stereocenters. The van der Waals surface area contributed by atoms with E-state index in [-0.39, 0.29) is 17.4 Å².